The molecule has 2 rings (SSSR count). The van der Waals surface area contributed by atoms with Crippen LogP contribution < -0.4 is 11.5 Å². The molecule has 2 amide bonds. The van der Waals surface area contributed by atoms with Gasteiger partial charge in [-0.3, -0.25) is 9.59 Å². The van der Waals surface area contributed by atoms with Crippen molar-refractivity contribution < 1.29 is 9.59 Å². The Morgan fingerprint density at radius 2 is 1.89 bits per heavy atom. The van der Waals surface area contributed by atoms with E-state index in [9.17, 15) is 9.59 Å². The highest BCUT2D eigenvalue weighted by atomic mass is 35.5. The number of aromatic nitrogens is 2. The number of primary amides is 2. The Balaban J connectivity index is 2.44. The van der Waals surface area contributed by atoms with Gasteiger partial charge in [0, 0.05) is 5.02 Å². The van der Waals surface area contributed by atoms with Crippen molar-refractivity contribution in [3.8, 4) is 0 Å². The van der Waals surface area contributed by atoms with Gasteiger partial charge >= 0.3 is 0 Å². The number of hydrogen-bond acceptors (Lipinski definition) is 3. The Labute approximate surface area is 114 Å². The fourth-order valence-corrected chi connectivity index (χ4v) is 1.95. The molecule has 7 heteroatoms. The van der Waals surface area contributed by atoms with E-state index in [0.717, 1.165) is 5.56 Å². The zero-order valence-corrected chi connectivity index (χ0v) is 10.6. The molecule has 4 N–H and O–H groups in total. The van der Waals surface area contributed by atoms with Crippen LogP contribution in [0.15, 0.2) is 30.6 Å². The van der Waals surface area contributed by atoms with Gasteiger partial charge in [0.15, 0.2) is 5.69 Å². The van der Waals surface area contributed by atoms with Gasteiger partial charge in [0.05, 0.1) is 12.9 Å². The molecule has 0 aliphatic heterocycles. The zero-order chi connectivity index (χ0) is 14.0. The average molecular weight is 279 g/mol. The summed E-state index contributed by atoms with van der Waals surface area (Å²) in [4.78, 5) is 26.4. The average Bonchev–Trinajstić information content (AvgIpc) is 2.76. The molecular weight excluding hydrogens is 268 g/mol. The minimum atomic E-state index is -0.799. The lowest BCUT2D eigenvalue weighted by atomic mass is 10.2. The largest absolute Gasteiger partial charge is 0.364 e. The highest BCUT2D eigenvalue weighted by Gasteiger charge is 2.20. The molecule has 0 aliphatic carbocycles. The maximum absolute atomic E-state index is 11.4. The number of halogens is 1. The number of imidazole rings is 1. The molecule has 1 aromatic carbocycles. The fourth-order valence-electron chi connectivity index (χ4n) is 1.75. The summed E-state index contributed by atoms with van der Waals surface area (Å²) in [5.74, 6) is -1.56. The third kappa shape index (κ3) is 2.58. The summed E-state index contributed by atoms with van der Waals surface area (Å²) < 4.78 is 1.45. The molecule has 2 aromatic rings. The first-order valence-electron chi connectivity index (χ1n) is 5.39. The Morgan fingerprint density at radius 1 is 1.21 bits per heavy atom. The van der Waals surface area contributed by atoms with Gasteiger partial charge < -0.3 is 16.0 Å². The Kier molecular flexibility index (Phi) is 3.52. The van der Waals surface area contributed by atoms with Crippen molar-refractivity contribution in [2.24, 2.45) is 11.5 Å². The van der Waals surface area contributed by atoms with Crippen LogP contribution in [0.2, 0.25) is 5.02 Å². The van der Waals surface area contributed by atoms with Crippen molar-refractivity contribution in [1.29, 1.82) is 0 Å². The smallest absolute Gasteiger partial charge is 0.269 e. The van der Waals surface area contributed by atoms with Gasteiger partial charge in [-0.15, -0.1) is 0 Å². The van der Waals surface area contributed by atoms with Gasteiger partial charge in [-0.1, -0.05) is 29.8 Å². The van der Waals surface area contributed by atoms with Crippen LogP contribution in [0.25, 0.3) is 0 Å². The summed E-state index contributed by atoms with van der Waals surface area (Å²) in [5, 5.41) is 0.548. The fraction of sp³-hybridized carbons (Fsp3) is 0.0833. The highest BCUT2D eigenvalue weighted by Crippen LogP contribution is 2.18. The Hall–Kier alpha value is -2.34. The summed E-state index contributed by atoms with van der Waals surface area (Å²) in [6.45, 7) is 0.276. The van der Waals surface area contributed by atoms with Crippen LogP contribution in [-0.4, -0.2) is 21.4 Å². The molecular formula is C12H11ClN4O2. The van der Waals surface area contributed by atoms with E-state index in [0.29, 0.717) is 5.02 Å². The van der Waals surface area contributed by atoms with Crippen LogP contribution in [0.5, 0.6) is 0 Å². The van der Waals surface area contributed by atoms with Crippen molar-refractivity contribution in [2.75, 3.05) is 0 Å². The number of carbonyl (C=O) groups excluding carboxylic acids is 2. The predicted molar refractivity (Wildman–Crippen MR) is 69.8 cm³/mol. The quantitative estimate of drug-likeness (QED) is 0.863. The van der Waals surface area contributed by atoms with E-state index in [2.05, 4.69) is 4.98 Å². The number of nitrogens with two attached hydrogens (primary N) is 2. The summed E-state index contributed by atoms with van der Waals surface area (Å²) in [7, 11) is 0. The lowest BCUT2D eigenvalue weighted by molar-refractivity contribution is 0.0959. The number of benzene rings is 1. The van der Waals surface area contributed by atoms with Crippen molar-refractivity contribution in [3.05, 3.63) is 52.6 Å². The minimum Gasteiger partial charge on any atom is -0.364 e. The standard InChI is InChI=1S/C12H11ClN4O2/c13-8-4-2-1-3-7(8)5-17-6-16-9(11(14)18)10(17)12(15)19/h1-4,6H,5H2,(H2,14,18)(H2,15,19). The van der Waals surface area contributed by atoms with Crippen LogP contribution in [0.4, 0.5) is 0 Å². The van der Waals surface area contributed by atoms with Crippen LogP contribution in [0.3, 0.4) is 0 Å². The normalized spacial score (nSPS) is 10.4. The predicted octanol–water partition coefficient (Wildman–Crippen LogP) is 0.783. The molecule has 0 saturated heterocycles. The molecule has 0 saturated carbocycles. The van der Waals surface area contributed by atoms with Gasteiger partial charge in [0.2, 0.25) is 0 Å². The summed E-state index contributed by atoms with van der Waals surface area (Å²) >= 11 is 6.03. The Morgan fingerprint density at radius 3 is 2.47 bits per heavy atom. The molecule has 0 bridgehead atoms. The van der Waals surface area contributed by atoms with Gasteiger partial charge in [-0.2, -0.15) is 0 Å². The molecule has 0 fully saturated rings. The van der Waals surface area contributed by atoms with E-state index in [1.165, 1.54) is 10.9 Å². The van der Waals surface area contributed by atoms with Crippen LogP contribution in [-0.2, 0) is 6.54 Å². The molecule has 98 valence electrons. The number of amides is 2. The lowest BCUT2D eigenvalue weighted by Crippen LogP contribution is -2.23. The molecule has 1 heterocycles. The second kappa shape index (κ2) is 5.11. The second-order valence-corrected chi connectivity index (χ2v) is 4.30. The second-order valence-electron chi connectivity index (χ2n) is 3.89. The summed E-state index contributed by atoms with van der Waals surface area (Å²) in [5.41, 5.74) is 11.0. The van der Waals surface area contributed by atoms with E-state index >= 15 is 0 Å². The summed E-state index contributed by atoms with van der Waals surface area (Å²) in [6.07, 6.45) is 1.34. The van der Waals surface area contributed by atoms with Crippen molar-refractivity contribution in [1.82, 2.24) is 9.55 Å². The van der Waals surface area contributed by atoms with Gasteiger partial charge in [0.25, 0.3) is 11.8 Å². The van der Waals surface area contributed by atoms with Gasteiger partial charge in [0.1, 0.15) is 5.69 Å². The van der Waals surface area contributed by atoms with Crippen molar-refractivity contribution in [3.63, 3.8) is 0 Å². The lowest BCUT2D eigenvalue weighted by Gasteiger charge is -2.08. The first kappa shape index (κ1) is 13.1. The topological polar surface area (TPSA) is 104 Å². The molecule has 0 atom stereocenters. The summed E-state index contributed by atoms with van der Waals surface area (Å²) in [6, 6.07) is 7.14. The zero-order valence-electron chi connectivity index (χ0n) is 9.84. The van der Waals surface area contributed by atoms with Gasteiger partial charge in [-0.05, 0) is 11.6 Å². The Bertz CT molecular complexity index is 651. The monoisotopic (exact) mass is 278 g/mol. The minimum absolute atomic E-state index is 0.0209. The maximum Gasteiger partial charge on any atom is 0.269 e. The molecule has 0 radical (unpaired) electrons. The SMILES string of the molecule is NC(=O)c1ncn(Cc2ccccc2Cl)c1C(N)=O. The third-order valence-corrected chi connectivity index (χ3v) is 2.97. The molecule has 0 spiro atoms. The number of nitrogens with zero attached hydrogens (tertiary/aromatic N) is 2. The molecule has 6 nitrogen and oxygen atoms in total. The third-order valence-electron chi connectivity index (χ3n) is 2.60. The highest BCUT2D eigenvalue weighted by molar-refractivity contribution is 6.31. The van der Waals surface area contributed by atoms with E-state index in [-0.39, 0.29) is 17.9 Å². The van der Waals surface area contributed by atoms with Gasteiger partial charge in [-0.25, -0.2) is 4.98 Å². The number of carbonyl (C=O) groups is 2. The van der Waals surface area contributed by atoms with Crippen molar-refractivity contribution >= 4 is 23.4 Å². The van der Waals surface area contributed by atoms with E-state index in [1.807, 2.05) is 6.07 Å². The van der Waals surface area contributed by atoms with Crippen LogP contribution in [0, 0.1) is 0 Å². The van der Waals surface area contributed by atoms with E-state index < -0.39 is 11.8 Å². The molecule has 0 aliphatic rings. The first-order chi connectivity index (χ1) is 9.00. The van der Waals surface area contributed by atoms with E-state index in [1.54, 1.807) is 18.2 Å². The molecule has 0 unspecified atom stereocenters. The molecule has 19 heavy (non-hydrogen) atoms. The van der Waals surface area contributed by atoms with Crippen LogP contribution >= 0.6 is 11.6 Å². The first-order valence-corrected chi connectivity index (χ1v) is 5.76. The molecule has 1 aromatic heterocycles. The number of rotatable bonds is 4. The van der Waals surface area contributed by atoms with Crippen molar-refractivity contribution in [2.45, 2.75) is 6.54 Å². The van der Waals surface area contributed by atoms with E-state index in [4.69, 9.17) is 23.1 Å². The number of hydrogen-bond donors (Lipinski definition) is 2. The van der Waals surface area contributed by atoms with Crippen LogP contribution in [0.1, 0.15) is 26.5 Å². The maximum atomic E-state index is 11.4.